The van der Waals surface area contributed by atoms with Gasteiger partial charge >= 0.3 is 5.97 Å². The average Bonchev–Trinajstić information content (AvgIpc) is 3.22. The Labute approximate surface area is 372 Å². The van der Waals surface area contributed by atoms with E-state index >= 15 is 0 Å². The zero-order valence-electron chi connectivity index (χ0n) is 36.4. The normalized spacial score (nSPS) is 28.1. The highest BCUT2D eigenvalue weighted by molar-refractivity contribution is 5.93. The average molecular weight is 938 g/mol. The number of carbonyl (C=O) groups is 9. The second-order valence-electron chi connectivity index (χ2n) is 15.6. The van der Waals surface area contributed by atoms with E-state index < -0.39 is 177 Å². The fourth-order valence-electron chi connectivity index (χ4n) is 6.67. The minimum absolute atomic E-state index is 0.0380. The van der Waals surface area contributed by atoms with Crippen LogP contribution in [0.1, 0.15) is 66.7 Å². The highest BCUT2D eigenvalue weighted by Gasteiger charge is 2.53. The lowest BCUT2D eigenvalue weighted by Crippen LogP contribution is -2.70. The highest BCUT2D eigenvalue weighted by atomic mass is 16.7. The largest absolute Gasteiger partial charge is 0.480 e. The third-order valence-corrected chi connectivity index (χ3v) is 10.3. The van der Waals surface area contributed by atoms with Gasteiger partial charge in [0.15, 0.2) is 12.6 Å². The number of carboxylic acid groups (broad SMARTS) is 1. The number of amides is 8. The molecule has 28 nitrogen and oxygen atoms in total. The smallest absolute Gasteiger partial charge is 0.325 e. The van der Waals surface area contributed by atoms with Gasteiger partial charge in [0.25, 0.3) is 0 Å². The van der Waals surface area contributed by atoms with Gasteiger partial charge in [0, 0.05) is 20.3 Å². The maximum absolute atomic E-state index is 13.5. The molecule has 370 valence electrons. The molecule has 0 radical (unpaired) electrons. The molecule has 65 heavy (non-hydrogen) atoms. The molecule has 16 atom stereocenters. The third kappa shape index (κ3) is 17.0. The van der Waals surface area contributed by atoms with E-state index in [0.717, 1.165) is 13.8 Å². The van der Waals surface area contributed by atoms with Gasteiger partial charge < -0.3 is 98.7 Å². The molecule has 0 saturated carbocycles. The summed E-state index contributed by atoms with van der Waals surface area (Å²) in [5.41, 5.74) is 16.3. The highest BCUT2D eigenvalue weighted by Crippen LogP contribution is 2.31. The Morgan fingerprint density at radius 1 is 0.662 bits per heavy atom. The van der Waals surface area contributed by atoms with Gasteiger partial charge in [-0.1, -0.05) is 0 Å². The van der Waals surface area contributed by atoms with Crippen molar-refractivity contribution in [3.63, 3.8) is 0 Å². The number of rotatable bonds is 25. The molecule has 8 amide bonds. The number of aliphatic carboxylic acids is 1. The number of hydrogen-bond donors (Lipinski definition) is 15. The summed E-state index contributed by atoms with van der Waals surface area (Å²) in [6.45, 7) is 4.06. The van der Waals surface area contributed by atoms with Gasteiger partial charge in [0.1, 0.15) is 79.0 Å². The Bertz CT molecular complexity index is 1690. The Morgan fingerprint density at radius 2 is 1.25 bits per heavy atom. The van der Waals surface area contributed by atoms with E-state index in [2.05, 4.69) is 31.9 Å². The fourth-order valence-corrected chi connectivity index (χ4v) is 6.67. The second-order valence-corrected chi connectivity index (χ2v) is 15.6. The van der Waals surface area contributed by atoms with Crippen molar-refractivity contribution in [1.29, 1.82) is 0 Å². The predicted octanol–water partition coefficient (Wildman–Crippen LogP) is -8.38. The number of aliphatic hydroxyl groups is 5. The summed E-state index contributed by atoms with van der Waals surface area (Å²) in [7, 11) is 0. The molecule has 2 aliphatic heterocycles. The van der Waals surface area contributed by atoms with Crippen molar-refractivity contribution in [1.82, 2.24) is 31.9 Å². The van der Waals surface area contributed by atoms with Crippen molar-refractivity contribution >= 4 is 53.2 Å². The topological polar surface area (TPSA) is 462 Å². The molecule has 2 heterocycles. The van der Waals surface area contributed by atoms with Crippen LogP contribution in [0.5, 0.6) is 0 Å². The minimum Gasteiger partial charge on any atom is -0.480 e. The molecule has 0 aromatic carbocycles. The minimum atomic E-state index is -1.89. The van der Waals surface area contributed by atoms with Gasteiger partial charge in [-0.05, 0) is 46.5 Å². The van der Waals surface area contributed by atoms with Crippen LogP contribution in [0.4, 0.5) is 0 Å². The number of carbonyl (C=O) groups excluding carboxylic acids is 8. The number of nitrogens with one attached hydrogen (secondary N) is 6. The molecule has 0 spiro atoms. The van der Waals surface area contributed by atoms with Crippen molar-refractivity contribution in [3.05, 3.63) is 0 Å². The number of carboxylic acids is 1. The molecular weight excluding hydrogens is 874 g/mol. The van der Waals surface area contributed by atoms with E-state index in [1.807, 2.05) is 0 Å². The maximum atomic E-state index is 13.5. The number of aliphatic hydroxyl groups excluding tert-OH is 5. The summed E-state index contributed by atoms with van der Waals surface area (Å²) in [5, 5.41) is 75.4. The summed E-state index contributed by atoms with van der Waals surface area (Å²) >= 11 is 0. The molecule has 2 fully saturated rings. The number of nitrogens with two attached hydrogens (primary N) is 3. The molecule has 0 aromatic heterocycles. The van der Waals surface area contributed by atoms with E-state index in [1.54, 1.807) is 0 Å². The van der Waals surface area contributed by atoms with Crippen molar-refractivity contribution < 1.29 is 92.7 Å². The van der Waals surface area contributed by atoms with Crippen molar-refractivity contribution in [3.8, 4) is 0 Å². The molecule has 0 aliphatic carbocycles. The van der Waals surface area contributed by atoms with E-state index in [1.165, 1.54) is 20.8 Å². The van der Waals surface area contributed by atoms with Crippen LogP contribution in [0.2, 0.25) is 0 Å². The molecule has 16 unspecified atom stereocenters. The van der Waals surface area contributed by atoms with Gasteiger partial charge in [-0.2, -0.15) is 0 Å². The van der Waals surface area contributed by atoms with Crippen LogP contribution in [0, 0.1) is 0 Å². The Morgan fingerprint density at radius 3 is 1.78 bits per heavy atom. The monoisotopic (exact) mass is 937 g/mol. The number of primary amides is 2. The summed E-state index contributed by atoms with van der Waals surface area (Å²) in [4.78, 5) is 112. The van der Waals surface area contributed by atoms with Crippen molar-refractivity contribution in [2.24, 2.45) is 17.2 Å². The first kappa shape index (κ1) is 56.0. The SMILES string of the molecule is CC(=O)NC1C(OC2C(CO)OC(O)C(NC(C)=O)C2OC(C)C(=O)NC(C)C(=O)NC(CCC(=O)NC(CCCC(N)C(N)=O)C(=O)NC(C)C(=O)O)C(N)=O)OC(CO)C(O)C1O. The predicted molar refractivity (Wildman–Crippen MR) is 216 cm³/mol. The summed E-state index contributed by atoms with van der Waals surface area (Å²) in [5.74, 6) is -8.33. The first-order chi connectivity index (χ1) is 30.3. The van der Waals surface area contributed by atoms with Crippen LogP contribution in [0.3, 0.4) is 0 Å². The van der Waals surface area contributed by atoms with E-state index in [-0.39, 0.29) is 19.3 Å². The van der Waals surface area contributed by atoms with Crippen LogP contribution in [-0.4, -0.2) is 195 Å². The standard InChI is InChI=1S/C37H63N9O19/c1-13(32(56)46-19(31(40)55)9-10-23(51)45-20(8-6-7-18(38)30(39)54)34(58)42-14(2)35(59)60)41-33(57)15(3)62-29-25(44-17(5)50)36(61)63-22(12-48)28(29)65-37-24(43-16(4)49)27(53)26(52)21(11-47)64-37/h13-15,18-22,24-29,36-37,47-48,52-53,61H,6-12,38H2,1-5H3,(H2,39,54)(H2,40,55)(H,41,57)(H,42,58)(H,43,49)(H,44,50)(H,45,51)(H,46,56)(H,59,60). The Balaban J connectivity index is 2.21. The first-order valence-electron chi connectivity index (χ1n) is 20.5. The lowest BCUT2D eigenvalue weighted by Gasteiger charge is -2.48. The quantitative estimate of drug-likeness (QED) is 0.0404. The summed E-state index contributed by atoms with van der Waals surface area (Å²) < 4.78 is 23.1. The summed E-state index contributed by atoms with van der Waals surface area (Å²) in [6, 6.07) is -9.65. The Hall–Kier alpha value is -5.17. The van der Waals surface area contributed by atoms with Crippen LogP contribution in [0.25, 0.3) is 0 Å². The number of hydrogen-bond acceptors (Lipinski definition) is 19. The van der Waals surface area contributed by atoms with Gasteiger partial charge in [-0.3, -0.25) is 43.2 Å². The fraction of sp³-hybridized carbons (Fsp3) is 0.757. The third-order valence-electron chi connectivity index (χ3n) is 10.3. The van der Waals surface area contributed by atoms with Crippen molar-refractivity contribution in [2.45, 2.75) is 164 Å². The molecule has 18 N–H and O–H groups in total. The second kappa shape index (κ2) is 26.1. The van der Waals surface area contributed by atoms with Crippen molar-refractivity contribution in [2.75, 3.05) is 13.2 Å². The van der Waals surface area contributed by atoms with E-state index in [0.29, 0.717) is 0 Å². The summed E-state index contributed by atoms with van der Waals surface area (Å²) in [6.07, 6.45) is -15.7. The van der Waals surface area contributed by atoms with Crippen LogP contribution >= 0.6 is 0 Å². The van der Waals surface area contributed by atoms with Gasteiger partial charge in [0.05, 0.1) is 19.3 Å². The molecule has 0 aromatic rings. The molecule has 2 saturated heterocycles. The van der Waals surface area contributed by atoms with E-state index in [4.69, 9.17) is 36.1 Å². The Kier molecular flexibility index (Phi) is 22.5. The van der Waals surface area contributed by atoms with Crippen LogP contribution in [0.15, 0.2) is 0 Å². The zero-order valence-corrected chi connectivity index (χ0v) is 36.4. The van der Waals surface area contributed by atoms with Crippen LogP contribution in [-0.2, 0) is 62.1 Å². The van der Waals surface area contributed by atoms with Gasteiger partial charge in [-0.15, -0.1) is 0 Å². The lowest BCUT2D eigenvalue weighted by atomic mass is 9.94. The molecule has 0 bridgehead atoms. The molecule has 2 rings (SSSR count). The lowest BCUT2D eigenvalue weighted by molar-refractivity contribution is -0.333. The first-order valence-corrected chi connectivity index (χ1v) is 20.5. The zero-order chi connectivity index (χ0) is 49.5. The molecule has 28 heteroatoms. The number of ether oxygens (including phenoxy) is 4. The maximum Gasteiger partial charge on any atom is 0.325 e. The van der Waals surface area contributed by atoms with Gasteiger partial charge in [-0.25, -0.2) is 0 Å². The molecular formula is C37H63N9O19. The van der Waals surface area contributed by atoms with Gasteiger partial charge in [0.2, 0.25) is 47.3 Å². The van der Waals surface area contributed by atoms with E-state index in [9.17, 15) is 73.8 Å². The molecule has 2 aliphatic rings. The van der Waals surface area contributed by atoms with Crippen LogP contribution < -0.4 is 49.1 Å².